The molecule has 0 aromatic carbocycles. The Balaban J connectivity index is 0.980. The van der Waals surface area contributed by atoms with Crippen LogP contribution in [0.3, 0.4) is 0 Å². The first-order valence-electron chi connectivity index (χ1n) is 12.9. The maximum absolute atomic E-state index is 12.5. The SMILES string of the molecule is Cc1ncc(CC(=O)CC2CCC(CCN3CCc4nc(OCC5COC5)sc4CC3)CC2)s1. The lowest BCUT2D eigenvalue weighted by Crippen LogP contribution is -2.32. The predicted molar refractivity (Wildman–Crippen MR) is 136 cm³/mol. The van der Waals surface area contributed by atoms with Crippen LogP contribution in [-0.4, -0.2) is 60.1 Å². The number of ether oxygens (including phenoxy) is 2. The minimum absolute atomic E-state index is 0.392. The quantitative estimate of drug-likeness (QED) is 0.467. The maximum Gasteiger partial charge on any atom is 0.273 e. The second-order valence-corrected chi connectivity index (χ2v) is 12.7. The summed E-state index contributed by atoms with van der Waals surface area (Å²) >= 11 is 3.40. The van der Waals surface area contributed by atoms with E-state index >= 15 is 0 Å². The zero-order valence-electron chi connectivity index (χ0n) is 20.3. The summed E-state index contributed by atoms with van der Waals surface area (Å²) in [6, 6.07) is 0. The Morgan fingerprint density at radius 1 is 1.12 bits per heavy atom. The van der Waals surface area contributed by atoms with Gasteiger partial charge in [0.1, 0.15) is 5.78 Å². The molecule has 6 nitrogen and oxygen atoms in total. The zero-order valence-corrected chi connectivity index (χ0v) is 21.9. The number of hydrogen-bond acceptors (Lipinski definition) is 8. The summed E-state index contributed by atoms with van der Waals surface area (Å²) in [5.74, 6) is 2.35. The number of aromatic nitrogens is 2. The molecule has 1 aliphatic carbocycles. The molecule has 2 aliphatic heterocycles. The molecule has 2 aromatic rings. The molecule has 0 N–H and O–H groups in total. The van der Waals surface area contributed by atoms with Gasteiger partial charge >= 0.3 is 0 Å². The van der Waals surface area contributed by atoms with E-state index in [9.17, 15) is 4.79 Å². The lowest BCUT2D eigenvalue weighted by atomic mass is 9.78. The highest BCUT2D eigenvalue weighted by Crippen LogP contribution is 2.34. The Morgan fingerprint density at radius 2 is 1.91 bits per heavy atom. The summed E-state index contributed by atoms with van der Waals surface area (Å²) in [5.41, 5.74) is 1.26. The summed E-state index contributed by atoms with van der Waals surface area (Å²) in [4.78, 5) is 26.7. The van der Waals surface area contributed by atoms with Gasteiger partial charge in [-0.15, -0.1) is 11.3 Å². The second-order valence-electron chi connectivity index (χ2n) is 10.3. The molecule has 0 bridgehead atoms. The largest absolute Gasteiger partial charge is 0.470 e. The van der Waals surface area contributed by atoms with E-state index in [2.05, 4.69) is 9.88 Å². The molecule has 0 atom stereocenters. The molecule has 8 heteroatoms. The van der Waals surface area contributed by atoms with Crippen LogP contribution in [0.25, 0.3) is 0 Å². The highest BCUT2D eigenvalue weighted by Gasteiger charge is 2.25. The van der Waals surface area contributed by atoms with Crippen LogP contribution in [0.2, 0.25) is 0 Å². The summed E-state index contributed by atoms with van der Waals surface area (Å²) < 4.78 is 11.1. The Hall–Kier alpha value is -1.35. The van der Waals surface area contributed by atoms with E-state index in [1.165, 1.54) is 49.2 Å². The zero-order chi connectivity index (χ0) is 23.3. The van der Waals surface area contributed by atoms with Gasteiger partial charge in [-0.25, -0.2) is 9.97 Å². The number of thiazole rings is 2. The van der Waals surface area contributed by atoms with Crippen LogP contribution >= 0.6 is 22.7 Å². The van der Waals surface area contributed by atoms with Gasteiger partial charge in [-0.2, -0.15) is 0 Å². The average molecular weight is 504 g/mol. The molecule has 2 aromatic heterocycles. The molecule has 1 saturated heterocycles. The van der Waals surface area contributed by atoms with Crippen molar-refractivity contribution in [2.24, 2.45) is 17.8 Å². The van der Waals surface area contributed by atoms with Crippen molar-refractivity contribution in [2.75, 3.05) is 39.5 Å². The lowest BCUT2D eigenvalue weighted by Gasteiger charge is -2.30. The number of Topliss-reactive ketones (excluding diaryl/α,β-unsaturated/α-hetero) is 1. The number of nitrogens with zero attached hydrogens (tertiary/aromatic N) is 3. The third-order valence-electron chi connectivity index (χ3n) is 7.60. The third-order valence-corrected chi connectivity index (χ3v) is 9.59. The summed E-state index contributed by atoms with van der Waals surface area (Å²) in [6.07, 6.45) is 11.6. The van der Waals surface area contributed by atoms with E-state index < -0.39 is 0 Å². The first-order chi connectivity index (χ1) is 16.6. The number of rotatable bonds is 10. The molecular weight excluding hydrogens is 466 g/mol. The number of ketones is 1. The van der Waals surface area contributed by atoms with Crippen molar-refractivity contribution < 1.29 is 14.3 Å². The normalized spacial score (nSPS) is 23.8. The fraction of sp³-hybridized carbons (Fsp3) is 0.731. The van der Waals surface area contributed by atoms with E-state index in [4.69, 9.17) is 14.5 Å². The van der Waals surface area contributed by atoms with E-state index in [0.717, 1.165) is 73.2 Å². The van der Waals surface area contributed by atoms with Crippen molar-refractivity contribution in [1.82, 2.24) is 14.9 Å². The summed E-state index contributed by atoms with van der Waals surface area (Å²) in [6.45, 7) is 7.82. The van der Waals surface area contributed by atoms with Crippen LogP contribution in [0, 0.1) is 24.7 Å². The number of fused-ring (bicyclic) bond motifs is 1. The van der Waals surface area contributed by atoms with Crippen molar-refractivity contribution in [3.05, 3.63) is 26.7 Å². The van der Waals surface area contributed by atoms with Gasteiger partial charge in [-0.1, -0.05) is 24.2 Å². The van der Waals surface area contributed by atoms with E-state index in [0.29, 0.717) is 24.0 Å². The smallest absolute Gasteiger partial charge is 0.273 e. The minimum Gasteiger partial charge on any atom is -0.470 e. The van der Waals surface area contributed by atoms with Crippen LogP contribution in [-0.2, 0) is 28.8 Å². The molecular formula is C26H37N3O3S2. The van der Waals surface area contributed by atoms with Crippen LogP contribution in [0.4, 0.5) is 0 Å². The molecule has 0 amide bonds. The second kappa shape index (κ2) is 11.6. The maximum atomic E-state index is 12.5. The van der Waals surface area contributed by atoms with Crippen molar-refractivity contribution >= 4 is 28.5 Å². The fourth-order valence-corrected chi connectivity index (χ4v) is 7.18. The molecule has 4 heterocycles. The first kappa shape index (κ1) is 24.3. The van der Waals surface area contributed by atoms with Crippen LogP contribution in [0.15, 0.2) is 6.20 Å². The fourth-order valence-electron chi connectivity index (χ4n) is 5.41. The summed E-state index contributed by atoms with van der Waals surface area (Å²) in [5, 5.41) is 1.90. The Bertz CT molecular complexity index is 921. The van der Waals surface area contributed by atoms with Crippen molar-refractivity contribution in [3.63, 3.8) is 0 Å². The third kappa shape index (κ3) is 6.65. The van der Waals surface area contributed by atoms with Gasteiger partial charge < -0.3 is 14.4 Å². The van der Waals surface area contributed by atoms with Gasteiger partial charge in [0.2, 0.25) is 0 Å². The molecule has 0 radical (unpaired) electrons. The van der Waals surface area contributed by atoms with Crippen molar-refractivity contribution in [2.45, 2.75) is 64.7 Å². The molecule has 1 saturated carbocycles. The van der Waals surface area contributed by atoms with Gasteiger partial charge in [-0.3, -0.25) is 4.79 Å². The summed E-state index contributed by atoms with van der Waals surface area (Å²) in [7, 11) is 0. The van der Waals surface area contributed by atoms with Crippen molar-refractivity contribution in [3.8, 4) is 5.19 Å². The van der Waals surface area contributed by atoms with E-state index in [1.54, 1.807) is 22.7 Å². The molecule has 3 aliphatic rings. The number of aryl methyl sites for hydroxylation is 1. The molecule has 0 unspecified atom stereocenters. The number of carbonyl (C=O) groups is 1. The topological polar surface area (TPSA) is 64.6 Å². The van der Waals surface area contributed by atoms with Crippen LogP contribution in [0.1, 0.15) is 59.0 Å². The Morgan fingerprint density at radius 3 is 2.65 bits per heavy atom. The van der Waals surface area contributed by atoms with Gasteiger partial charge in [-0.05, 0) is 51.0 Å². The minimum atomic E-state index is 0.392. The van der Waals surface area contributed by atoms with E-state index in [1.807, 2.05) is 13.1 Å². The van der Waals surface area contributed by atoms with Crippen LogP contribution in [0.5, 0.6) is 5.19 Å². The molecule has 5 rings (SSSR count). The van der Waals surface area contributed by atoms with Crippen molar-refractivity contribution in [1.29, 1.82) is 0 Å². The monoisotopic (exact) mass is 503 g/mol. The molecule has 186 valence electrons. The highest BCUT2D eigenvalue weighted by molar-refractivity contribution is 7.13. The highest BCUT2D eigenvalue weighted by atomic mass is 32.1. The first-order valence-corrected chi connectivity index (χ1v) is 14.6. The molecule has 2 fully saturated rings. The van der Waals surface area contributed by atoms with Gasteiger partial charge in [0.05, 0.1) is 30.5 Å². The average Bonchev–Trinajstić information content (AvgIpc) is 3.33. The molecule has 34 heavy (non-hydrogen) atoms. The standard InChI is InChI=1S/C26H37N3O3S2/c1-18-27-14-23(33-18)13-22(30)12-20-4-2-19(3-5-20)6-9-29-10-7-24-25(8-11-29)34-26(28-24)32-17-21-15-31-16-21/h14,19-21H,2-13,15-17H2,1H3. The lowest BCUT2D eigenvalue weighted by molar-refractivity contribution is -0.119. The van der Waals surface area contributed by atoms with Crippen LogP contribution < -0.4 is 4.74 Å². The van der Waals surface area contributed by atoms with Gasteiger partial charge in [0.15, 0.2) is 0 Å². The Labute approximate surface area is 211 Å². The Kier molecular flexibility index (Phi) is 8.30. The van der Waals surface area contributed by atoms with Gasteiger partial charge in [0.25, 0.3) is 5.19 Å². The van der Waals surface area contributed by atoms with Gasteiger partial charge in [0, 0.05) is 54.2 Å². The number of hydrogen-bond donors (Lipinski definition) is 0. The molecule has 0 spiro atoms. The number of carbonyl (C=O) groups excluding carboxylic acids is 1. The van der Waals surface area contributed by atoms with E-state index in [-0.39, 0.29) is 0 Å². The predicted octanol–water partition coefficient (Wildman–Crippen LogP) is 4.73.